The Kier molecular flexibility index (Phi) is 6.60. The molecule has 0 aliphatic heterocycles. The number of hydrogen-bond donors (Lipinski definition) is 1. The Morgan fingerprint density at radius 1 is 1.30 bits per heavy atom. The number of thioether (sulfide) groups is 1. The number of ether oxygens (including phenoxy) is 1. The minimum Gasteiger partial charge on any atom is -0.390 e. The molecule has 1 aromatic carbocycles. The van der Waals surface area contributed by atoms with Crippen molar-refractivity contribution in [3.8, 4) is 6.07 Å². The molecule has 1 unspecified atom stereocenters. The number of hydrogen-bond acceptors (Lipinski definition) is 5. The zero-order valence-corrected chi connectivity index (χ0v) is 14.1. The van der Waals surface area contributed by atoms with Gasteiger partial charge in [0.2, 0.25) is 0 Å². The molecular weight excluding hydrogens is 308 g/mol. The maximum Gasteiger partial charge on any atom is 0.114 e. The van der Waals surface area contributed by atoms with E-state index in [0.717, 1.165) is 16.8 Å². The highest BCUT2D eigenvalue weighted by Gasteiger charge is 2.12. The summed E-state index contributed by atoms with van der Waals surface area (Å²) in [6.45, 7) is 4.54. The number of rotatable bonds is 7. The summed E-state index contributed by atoms with van der Waals surface area (Å²) in [6.07, 6.45) is -0.599. The van der Waals surface area contributed by atoms with Crippen LogP contribution in [0.1, 0.15) is 22.4 Å². The van der Waals surface area contributed by atoms with E-state index in [9.17, 15) is 10.4 Å². The molecule has 0 bridgehead atoms. The number of benzene rings is 1. The molecule has 1 heterocycles. The minimum atomic E-state index is -0.599. The van der Waals surface area contributed by atoms with Crippen molar-refractivity contribution in [2.24, 2.45) is 0 Å². The van der Waals surface area contributed by atoms with Crippen LogP contribution in [0, 0.1) is 25.2 Å². The maximum atomic E-state index is 10.0. The molecule has 120 valence electrons. The van der Waals surface area contributed by atoms with Gasteiger partial charge in [-0.15, -0.1) is 11.8 Å². The van der Waals surface area contributed by atoms with Gasteiger partial charge in [-0.25, -0.2) is 4.98 Å². The van der Waals surface area contributed by atoms with Crippen LogP contribution in [0.4, 0.5) is 0 Å². The van der Waals surface area contributed by atoms with Gasteiger partial charge in [-0.1, -0.05) is 30.3 Å². The maximum absolute atomic E-state index is 10.0. The molecule has 0 saturated carbocycles. The third kappa shape index (κ3) is 5.36. The lowest BCUT2D eigenvalue weighted by Gasteiger charge is -2.12. The van der Waals surface area contributed by atoms with Crippen molar-refractivity contribution in [3.63, 3.8) is 0 Å². The molecule has 1 N–H and O–H groups in total. The summed E-state index contributed by atoms with van der Waals surface area (Å²) in [5.74, 6) is 0.444. The third-order valence-corrected chi connectivity index (χ3v) is 4.38. The van der Waals surface area contributed by atoms with Crippen LogP contribution < -0.4 is 0 Å². The molecule has 0 spiro atoms. The summed E-state index contributed by atoms with van der Waals surface area (Å²) in [6, 6.07) is 13.9. The Morgan fingerprint density at radius 2 is 2.04 bits per heavy atom. The third-order valence-electron chi connectivity index (χ3n) is 3.26. The fourth-order valence-corrected chi connectivity index (χ4v) is 3.16. The zero-order chi connectivity index (χ0) is 16.7. The summed E-state index contributed by atoms with van der Waals surface area (Å²) < 4.78 is 5.53. The second-order valence-corrected chi connectivity index (χ2v) is 6.35. The fourth-order valence-electron chi connectivity index (χ4n) is 2.15. The van der Waals surface area contributed by atoms with Gasteiger partial charge in [0.15, 0.2) is 0 Å². The van der Waals surface area contributed by atoms with Gasteiger partial charge >= 0.3 is 0 Å². The highest BCUT2D eigenvalue weighted by atomic mass is 32.2. The first-order valence-corrected chi connectivity index (χ1v) is 8.39. The van der Waals surface area contributed by atoms with Crippen LogP contribution in [0.2, 0.25) is 0 Å². The van der Waals surface area contributed by atoms with E-state index in [1.807, 2.05) is 50.2 Å². The van der Waals surface area contributed by atoms with E-state index in [1.165, 1.54) is 11.8 Å². The van der Waals surface area contributed by atoms with Gasteiger partial charge in [-0.05, 0) is 31.0 Å². The molecular formula is C18H20N2O2S. The van der Waals surface area contributed by atoms with Crippen molar-refractivity contribution in [1.29, 1.82) is 5.26 Å². The lowest BCUT2D eigenvalue weighted by molar-refractivity contribution is 0.0398. The number of aliphatic hydroxyl groups is 1. The largest absolute Gasteiger partial charge is 0.390 e. The summed E-state index contributed by atoms with van der Waals surface area (Å²) >= 11 is 1.39. The van der Waals surface area contributed by atoms with Crippen molar-refractivity contribution in [2.45, 2.75) is 31.6 Å². The summed E-state index contributed by atoms with van der Waals surface area (Å²) in [5.41, 5.74) is 3.45. The first kappa shape index (κ1) is 17.5. The van der Waals surface area contributed by atoms with Crippen molar-refractivity contribution in [1.82, 2.24) is 4.98 Å². The number of aromatic nitrogens is 1. The van der Waals surface area contributed by atoms with Crippen molar-refractivity contribution in [2.75, 3.05) is 12.4 Å². The predicted octanol–water partition coefficient (Wildman–Crippen LogP) is 3.24. The summed E-state index contributed by atoms with van der Waals surface area (Å²) in [5, 5.41) is 19.9. The summed E-state index contributed by atoms with van der Waals surface area (Å²) in [7, 11) is 0. The van der Waals surface area contributed by atoms with Crippen LogP contribution >= 0.6 is 11.8 Å². The molecule has 1 aromatic heterocycles. The molecule has 0 radical (unpaired) electrons. The van der Waals surface area contributed by atoms with E-state index in [1.54, 1.807) is 0 Å². The molecule has 0 saturated heterocycles. The molecule has 0 fully saturated rings. The highest BCUT2D eigenvalue weighted by molar-refractivity contribution is 7.99. The molecule has 1 atom stereocenters. The number of nitriles is 1. The number of nitrogens with zero attached hydrogens (tertiary/aromatic N) is 2. The number of aryl methyl sites for hydroxylation is 2. The average Bonchev–Trinajstić information content (AvgIpc) is 2.53. The van der Waals surface area contributed by atoms with Gasteiger partial charge < -0.3 is 9.84 Å². The Balaban J connectivity index is 1.83. The van der Waals surface area contributed by atoms with Crippen LogP contribution in [-0.4, -0.2) is 28.6 Å². The van der Waals surface area contributed by atoms with Crippen LogP contribution in [0.15, 0.2) is 41.4 Å². The summed E-state index contributed by atoms with van der Waals surface area (Å²) in [4.78, 5) is 4.39. The first-order chi connectivity index (χ1) is 11.1. The lowest BCUT2D eigenvalue weighted by Crippen LogP contribution is -2.18. The SMILES string of the molecule is Cc1cc(C)c(C#N)c(SCC(O)COCc2ccccc2)n1. The van der Waals surface area contributed by atoms with E-state index in [-0.39, 0.29) is 6.61 Å². The fraction of sp³-hybridized carbons (Fsp3) is 0.333. The smallest absolute Gasteiger partial charge is 0.114 e. The van der Waals surface area contributed by atoms with E-state index in [2.05, 4.69) is 11.1 Å². The second-order valence-electron chi connectivity index (χ2n) is 5.34. The van der Waals surface area contributed by atoms with Crippen LogP contribution in [-0.2, 0) is 11.3 Å². The standard InChI is InChI=1S/C18H20N2O2S/c1-13-8-14(2)20-18(17(13)9-19)23-12-16(21)11-22-10-15-6-4-3-5-7-15/h3-8,16,21H,10-12H2,1-2H3. The van der Waals surface area contributed by atoms with E-state index in [0.29, 0.717) is 22.9 Å². The average molecular weight is 328 g/mol. The van der Waals surface area contributed by atoms with Crippen LogP contribution in [0.25, 0.3) is 0 Å². The molecule has 0 amide bonds. The second kappa shape index (κ2) is 8.68. The number of pyridine rings is 1. The van der Waals surface area contributed by atoms with E-state index in [4.69, 9.17) is 4.74 Å². The number of aliphatic hydroxyl groups excluding tert-OH is 1. The van der Waals surface area contributed by atoms with E-state index >= 15 is 0 Å². The monoisotopic (exact) mass is 328 g/mol. The minimum absolute atomic E-state index is 0.259. The van der Waals surface area contributed by atoms with Gasteiger partial charge in [-0.2, -0.15) is 5.26 Å². The van der Waals surface area contributed by atoms with Gasteiger partial charge in [0, 0.05) is 11.4 Å². The first-order valence-electron chi connectivity index (χ1n) is 7.41. The molecule has 5 heteroatoms. The molecule has 0 aliphatic carbocycles. The van der Waals surface area contributed by atoms with Crippen LogP contribution in [0.5, 0.6) is 0 Å². The van der Waals surface area contributed by atoms with Gasteiger partial charge in [-0.3, -0.25) is 0 Å². The predicted molar refractivity (Wildman–Crippen MR) is 91.3 cm³/mol. The van der Waals surface area contributed by atoms with Crippen LogP contribution in [0.3, 0.4) is 0 Å². The Labute approximate surface area is 141 Å². The molecule has 4 nitrogen and oxygen atoms in total. The van der Waals surface area contributed by atoms with E-state index < -0.39 is 6.10 Å². The molecule has 23 heavy (non-hydrogen) atoms. The quantitative estimate of drug-likeness (QED) is 0.790. The Morgan fingerprint density at radius 3 is 2.74 bits per heavy atom. The van der Waals surface area contributed by atoms with Crippen molar-refractivity contribution in [3.05, 3.63) is 58.8 Å². The Hall–Kier alpha value is -1.87. The molecule has 2 aromatic rings. The lowest BCUT2D eigenvalue weighted by atomic mass is 10.1. The van der Waals surface area contributed by atoms with Crippen molar-refractivity contribution < 1.29 is 9.84 Å². The Bertz CT molecular complexity index is 683. The van der Waals surface area contributed by atoms with Gasteiger partial charge in [0.25, 0.3) is 0 Å². The molecule has 2 rings (SSSR count). The van der Waals surface area contributed by atoms with Gasteiger partial charge in [0.1, 0.15) is 11.1 Å². The molecule has 0 aliphatic rings. The normalized spacial score (nSPS) is 11.9. The highest BCUT2D eigenvalue weighted by Crippen LogP contribution is 2.24. The topological polar surface area (TPSA) is 66.1 Å². The van der Waals surface area contributed by atoms with Crippen molar-refractivity contribution >= 4 is 11.8 Å². The zero-order valence-electron chi connectivity index (χ0n) is 13.3. The van der Waals surface area contributed by atoms with Gasteiger partial charge in [0.05, 0.1) is 24.9 Å².